The molecule has 0 spiro atoms. The first-order valence-electron chi connectivity index (χ1n) is 5.68. The molecule has 0 fully saturated rings. The summed E-state index contributed by atoms with van der Waals surface area (Å²) in [5.41, 5.74) is 1.32. The highest BCUT2D eigenvalue weighted by atomic mass is 32.2. The van der Waals surface area contributed by atoms with Crippen LogP contribution in [-0.2, 0) is 16.0 Å². The lowest BCUT2D eigenvalue weighted by molar-refractivity contribution is -0.141. The third-order valence-corrected chi connectivity index (χ3v) is 4.09. The van der Waals surface area contributed by atoms with E-state index in [0.29, 0.717) is 6.42 Å². The molecule has 6 heteroatoms. The van der Waals surface area contributed by atoms with Crippen molar-refractivity contribution in [2.75, 3.05) is 11.5 Å². The van der Waals surface area contributed by atoms with E-state index in [2.05, 4.69) is 22.1 Å². The Bertz CT molecular complexity index is 379. The maximum atomic E-state index is 10.9. The van der Waals surface area contributed by atoms with Crippen LogP contribution in [0.15, 0.2) is 16.8 Å². The molecular weight excluding hydrogens is 270 g/mol. The molecule has 1 atom stereocenters. The van der Waals surface area contributed by atoms with Crippen molar-refractivity contribution in [3.63, 3.8) is 0 Å². The molecule has 0 aliphatic carbocycles. The Morgan fingerprint density at radius 3 is 2.83 bits per heavy atom. The van der Waals surface area contributed by atoms with Crippen LogP contribution in [0.2, 0.25) is 0 Å². The summed E-state index contributed by atoms with van der Waals surface area (Å²) in [5.74, 6) is 0.444. The number of hydrogen-bond acceptors (Lipinski definition) is 4. The fraction of sp³-hybridized carbons (Fsp3) is 0.500. The van der Waals surface area contributed by atoms with Gasteiger partial charge in [-0.05, 0) is 46.7 Å². The quantitative estimate of drug-likeness (QED) is 0.718. The highest BCUT2D eigenvalue weighted by molar-refractivity contribution is 7.99. The molecule has 100 valence electrons. The van der Waals surface area contributed by atoms with Gasteiger partial charge in [0.25, 0.3) is 0 Å². The number of carbonyl (C=O) groups is 2. The average Bonchev–Trinajstić information content (AvgIpc) is 2.79. The summed E-state index contributed by atoms with van der Waals surface area (Å²) in [5, 5.41) is 15.5. The number of carboxylic acid groups (broad SMARTS) is 1. The Hall–Kier alpha value is -1.01. The Labute approximate surface area is 115 Å². The van der Waals surface area contributed by atoms with Crippen molar-refractivity contribution in [2.45, 2.75) is 25.8 Å². The van der Waals surface area contributed by atoms with Crippen LogP contribution in [0.3, 0.4) is 0 Å². The van der Waals surface area contributed by atoms with Crippen LogP contribution < -0.4 is 5.32 Å². The predicted octanol–water partition coefficient (Wildman–Crippen LogP) is 2.00. The van der Waals surface area contributed by atoms with Crippen LogP contribution in [0, 0.1) is 0 Å². The lowest BCUT2D eigenvalue weighted by Crippen LogP contribution is -2.39. The summed E-state index contributed by atoms with van der Waals surface area (Å²) in [4.78, 5) is 21.7. The minimum Gasteiger partial charge on any atom is -0.480 e. The van der Waals surface area contributed by atoms with E-state index < -0.39 is 12.0 Å². The Morgan fingerprint density at radius 2 is 2.28 bits per heavy atom. The molecule has 0 radical (unpaired) electrons. The minimum atomic E-state index is -0.969. The van der Waals surface area contributed by atoms with Crippen LogP contribution in [0.1, 0.15) is 18.9 Å². The van der Waals surface area contributed by atoms with E-state index in [4.69, 9.17) is 5.11 Å². The summed E-state index contributed by atoms with van der Waals surface area (Å²) in [7, 11) is 0. The smallest absolute Gasteiger partial charge is 0.326 e. The van der Waals surface area contributed by atoms with Crippen molar-refractivity contribution in [1.82, 2.24) is 5.32 Å². The van der Waals surface area contributed by atoms with Gasteiger partial charge in [-0.25, -0.2) is 4.79 Å². The molecule has 1 aromatic rings. The van der Waals surface area contributed by atoms with Gasteiger partial charge in [-0.15, -0.1) is 0 Å². The summed E-state index contributed by atoms with van der Waals surface area (Å²) in [6.07, 6.45) is 1.47. The third-order valence-electron chi connectivity index (χ3n) is 2.34. The molecule has 0 saturated carbocycles. The molecule has 1 aromatic heterocycles. The number of hydrogen-bond donors (Lipinski definition) is 2. The molecule has 18 heavy (non-hydrogen) atoms. The Morgan fingerprint density at radius 1 is 1.50 bits per heavy atom. The molecule has 1 unspecified atom stereocenters. The highest BCUT2D eigenvalue weighted by Crippen LogP contribution is 2.12. The zero-order valence-corrected chi connectivity index (χ0v) is 11.9. The van der Waals surface area contributed by atoms with E-state index >= 15 is 0 Å². The molecule has 0 aromatic carbocycles. The number of nitrogens with one attached hydrogen (secondary N) is 1. The molecule has 0 saturated heterocycles. The van der Waals surface area contributed by atoms with Crippen molar-refractivity contribution in [1.29, 1.82) is 0 Å². The zero-order valence-electron chi connectivity index (χ0n) is 10.2. The molecule has 0 bridgehead atoms. The van der Waals surface area contributed by atoms with Crippen molar-refractivity contribution in [2.24, 2.45) is 0 Å². The summed E-state index contributed by atoms with van der Waals surface area (Å²) < 4.78 is 0. The van der Waals surface area contributed by atoms with E-state index in [1.807, 2.05) is 0 Å². The SMILES string of the molecule is CC(=O)NC(CCSCCc1ccsc1)C(=O)O. The summed E-state index contributed by atoms with van der Waals surface area (Å²) in [6, 6.07) is 1.33. The second-order valence-electron chi connectivity index (χ2n) is 3.87. The lowest BCUT2D eigenvalue weighted by Gasteiger charge is -2.12. The van der Waals surface area contributed by atoms with Gasteiger partial charge in [0.05, 0.1) is 0 Å². The Kier molecular flexibility index (Phi) is 6.82. The minimum absolute atomic E-state index is 0.300. The van der Waals surface area contributed by atoms with Gasteiger partial charge < -0.3 is 10.4 Å². The lowest BCUT2D eigenvalue weighted by atomic mass is 10.2. The number of carboxylic acids is 1. The van der Waals surface area contributed by atoms with Gasteiger partial charge in [0, 0.05) is 6.92 Å². The zero-order chi connectivity index (χ0) is 13.4. The molecule has 1 heterocycles. The van der Waals surface area contributed by atoms with Gasteiger partial charge in [-0.3, -0.25) is 4.79 Å². The second kappa shape index (κ2) is 8.16. The molecule has 0 aliphatic heterocycles. The maximum Gasteiger partial charge on any atom is 0.326 e. The molecule has 2 N–H and O–H groups in total. The topological polar surface area (TPSA) is 66.4 Å². The molecule has 0 aliphatic rings. The van der Waals surface area contributed by atoms with E-state index in [1.165, 1.54) is 12.5 Å². The fourth-order valence-electron chi connectivity index (χ4n) is 1.43. The molecule has 4 nitrogen and oxygen atoms in total. The summed E-state index contributed by atoms with van der Waals surface area (Å²) >= 11 is 3.40. The van der Waals surface area contributed by atoms with E-state index in [1.54, 1.807) is 23.1 Å². The standard InChI is InChI=1S/C12H17NO3S2/c1-9(14)13-11(12(15)16)4-7-17-5-2-10-3-6-18-8-10/h3,6,8,11H,2,4-5,7H2,1H3,(H,13,14)(H,15,16). The van der Waals surface area contributed by atoms with Crippen molar-refractivity contribution in [3.05, 3.63) is 22.4 Å². The highest BCUT2D eigenvalue weighted by Gasteiger charge is 2.17. The van der Waals surface area contributed by atoms with E-state index in [0.717, 1.165) is 17.9 Å². The predicted molar refractivity (Wildman–Crippen MR) is 75.2 cm³/mol. The van der Waals surface area contributed by atoms with Crippen molar-refractivity contribution >= 4 is 35.0 Å². The Balaban J connectivity index is 2.14. The largest absolute Gasteiger partial charge is 0.480 e. The van der Waals surface area contributed by atoms with Crippen LogP contribution in [0.25, 0.3) is 0 Å². The van der Waals surface area contributed by atoms with Gasteiger partial charge in [0.2, 0.25) is 5.91 Å². The number of aryl methyl sites for hydroxylation is 1. The molecule has 1 amide bonds. The van der Waals surface area contributed by atoms with Crippen LogP contribution in [0.4, 0.5) is 0 Å². The first kappa shape index (κ1) is 15.0. The third kappa shape index (κ3) is 6.07. The number of carbonyl (C=O) groups excluding carboxylic acids is 1. The molecular formula is C12H17NO3S2. The van der Waals surface area contributed by atoms with Crippen LogP contribution in [-0.4, -0.2) is 34.5 Å². The number of aliphatic carboxylic acids is 1. The van der Waals surface area contributed by atoms with Crippen LogP contribution >= 0.6 is 23.1 Å². The number of thiophene rings is 1. The van der Waals surface area contributed by atoms with Gasteiger partial charge in [-0.1, -0.05) is 0 Å². The van der Waals surface area contributed by atoms with Gasteiger partial charge in [0.1, 0.15) is 6.04 Å². The number of amides is 1. The average molecular weight is 287 g/mol. The first-order valence-corrected chi connectivity index (χ1v) is 7.78. The monoisotopic (exact) mass is 287 g/mol. The van der Waals surface area contributed by atoms with Gasteiger partial charge >= 0.3 is 5.97 Å². The van der Waals surface area contributed by atoms with Crippen molar-refractivity contribution < 1.29 is 14.7 Å². The van der Waals surface area contributed by atoms with E-state index in [-0.39, 0.29) is 5.91 Å². The second-order valence-corrected chi connectivity index (χ2v) is 5.88. The normalized spacial score (nSPS) is 12.1. The van der Waals surface area contributed by atoms with E-state index in [9.17, 15) is 9.59 Å². The number of thioether (sulfide) groups is 1. The summed E-state index contributed by atoms with van der Waals surface area (Å²) in [6.45, 7) is 1.33. The maximum absolute atomic E-state index is 10.9. The van der Waals surface area contributed by atoms with Gasteiger partial charge in [0.15, 0.2) is 0 Å². The van der Waals surface area contributed by atoms with Crippen LogP contribution in [0.5, 0.6) is 0 Å². The van der Waals surface area contributed by atoms with Gasteiger partial charge in [-0.2, -0.15) is 23.1 Å². The first-order chi connectivity index (χ1) is 8.59. The molecule has 1 rings (SSSR count). The fourth-order valence-corrected chi connectivity index (χ4v) is 3.12. The number of rotatable bonds is 8. The van der Waals surface area contributed by atoms with Crippen molar-refractivity contribution in [3.8, 4) is 0 Å².